The first kappa shape index (κ1) is 27.2. The van der Waals surface area contributed by atoms with E-state index in [-0.39, 0.29) is 30.2 Å². The van der Waals surface area contributed by atoms with E-state index < -0.39 is 30.5 Å². The Bertz CT molecular complexity index is 1230. The normalized spacial score (nSPS) is 24.6. The maximum Gasteiger partial charge on any atom is 0.333 e. The van der Waals surface area contributed by atoms with Crippen LogP contribution in [-0.2, 0) is 9.47 Å². The minimum atomic E-state index is -2.98. The number of halogens is 5. The van der Waals surface area contributed by atoms with Gasteiger partial charge in [-0.1, -0.05) is 17.7 Å². The average Bonchev–Trinajstić information content (AvgIpc) is 3.39. The predicted molar refractivity (Wildman–Crippen MR) is 132 cm³/mol. The minimum Gasteiger partial charge on any atom is -0.341 e. The smallest absolute Gasteiger partial charge is 0.333 e. The third-order valence-electron chi connectivity index (χ3n) is 5.64. The fraction of sp³-hybridized carbons (Fsp3) is 0.348. The van der Waals surface area contributed by atoms with Crippen molar-refractivity contribution in [2.75, 3.05) is 13.2 Å². The molecule has 4 rings (SSSR count). The SMILES string of the molecule is C=NN(/C=C(\C)C1=C(C[C@]2(F)CO[C@H](N)OC2)NC(c2nccs2)=N[C@H]1c1ccc(F)cc1Cl)C(F)F. The Morgan fingerprint density at radius 2 is 2.16 bits per heavy atom. The van der Waals surface area contributed by atoms with Crippen molar-refractivity contribution >= 4 is 35.5 Å². The molecule has 0 spiro atoms. The summed E-state index contributed by atoms with van der Waals surface area (Å²) in [7, 11) is 0. The van der Waals surface area contributed by atoms with Gasteiger partial charge in [-0.05, 0) is 30.2 Å². The van der Waals surface area contributed by atoms with E-state index in [2.05, 4.69) is 22.1 Å². The van der Waals surface area contributed by atoms with E-state index in [1.807, 2.05) is 0 Å². The Labute approximate surface area is 219 Å². The van der Waals surface area contributed by atoms with Gasteiger partial charge in [0.1, 0.15) is 11.9 Å². The maximum atomic E-state index is 15.9. The van der Waals surface area contributed by atoms with Crippen molar-refractivity contribution in [3.63, 3.8) is 0 Å². The summed E-state index contributed by atoms with van der Waals surface area (Å²) in [5.41, 5.74) is 4.82. The van der Waals surface area contributed by atoms with E-state index in [9.17, 15) is 13.2 Å². The average molecular weight is 559 g/mol. The highest BCUT2D eigenvalue weighted by Gasteiger charge is 2.40. The number of nitrogens with one attached hydrogen (secondary N) is 1. The highest BCUT2D eigenvalue weighted by atomic mass is 35.5. The van der Waals surface area contributed by atoms with Crippen LogP contribution >= 0.6 is 22.9 Å². The van der Waals surface area contributed by atoms with Crippen molar-refractivity contribution < 1.29 is 27.0 Å². The van der Waals surface area contributed by atoms with Crippen LogP contribution in [0.1, 0.15) is 30.0 Å². The highest BCUT2D eigenvalue weighted by Crippen LogP contribution is 2.42. The standard InChI is InChI=1S/C23H23ClF4N6O2S/c1-12(9-34(30-2)21(26)27)17-16(8-23(28)10-35-22(29)36-11-23)32-19(20-31-5-6-37-20)33-18(17)14-4-3-13(25)7-15(14)24/h3-7,9,18,21-22H,2,8,10-11,29H2,1H3,(H,32,33)/b12-9+/t18-,22-,23-/m0/s1. The van der Waals surface area contributed by atoms with Crippen molar-refractivity contribution in [2.45, 2.75) is 38.0 Å². The second kappa shape index (κ2) is 11.3. The maximum absolute atomic E-state index is 15.9. The first-order valence-corrected chi connectivity index (χ1v) is 12.2. The molecule has 3 heterocycles. The number of ether oxygens (including phenoxy) is 2. The lowest BCUT2D eigenvalue weighted by atomic mass is 9.87. The second-order valence-corrected chi connectivity index (χ2v) is 9.63. The molecule has 198 valence electrons. The number of amidine groups is 1. The van der Waals surface area contributed by atoms with E-state index >= 15 is 4.39 Å². The molecule has 0 amide bonds. The van der Waals surface area contributed by atoms with Crippen molar-refractivity contribution in [1.29, 1.82) is 0 Å². The van der Waals surface area contributed by atoms with Crippen LogP contribution in [0.2, 0.25) is 5.02 Å². The van der Waals surface area contributed by atoms with Crippen LogP contribution in [-0.4, -0.2) is 54.4 Å². The molecule has 2 aliphatic heterocycles. The molecule has 1 aromatic carbocycles. The number of rotatable bonds is 8. The van der Waals surface area contributed by atoms with Crippen molar-refractivity contribution in [1.82, 2.24) is 15.3 Å². The molecule has 14 heteroatoms. The van der Waals surface area contributed by atoms with E-state index in [1.54, 1.807) is 18.5 Å². The predicted octanol–water partition coefficient (Wildman–Crippen LogP) is 4.71. The highest BCUT2D eigenvalue weighted by molar-refractivity contribution is 7.11. The third-order valence-corrected chi connectivity index (χ3v) is 6.75. The van der Waals surface area contributed by atoms with Gasteiger partial charge in [-0.3, -0.25) is 10.7 Å². The minimum absolute atomic E-state index is 0.0524. The molecule has 2 aromatic rings. The number of aliphatic imine (C=N–C) groups is 1. The molecule has 0 radical (unpaired) electrons. The first-order chi connectivity index (χ1) is 17.6. The number of hydrogen-bond donors (Lipinski definition) is 2. The van der Waals surface area contributed by atoms with Crippen LogP contribution in [0.25, 0.3) is 0 Å². The number of benzene rings is 1. The zero-order valence-corrected chi connectivity index (χ0v) is 21.1. The summed E-state index contributed by atoms with van der Waals surface area (Å²) in [6, 6.07) is 2.83. The lowest BCUT2D eigenvalue weighted by molar-refractivity contribution is -0.229. The Kier molecular flexibility index (Phi) is 8.29. The van der Waals surface area contributed by atoms with Crippen molar-refractivity contribution in [3.8, 4) is 0 Å². The molecule has 0 bridgehead atoms. The molecule has 0 aliphatic carbocycles. The van der Waals surface area contributed by atoms with Gasteiger partial charge in [0.2, 0.25) is 6.41 Å². The molecule has 1 aromatic heterocycles. The van der Waals surface area contributed by atoms with E-state index in [4.69, 9.17) is 31.8 Å². The Hall–Kier alpha value is -2.84. The third kappa shape index (κ3) is 6.18. The van der Waals surface area contributed by atoms with E-state index in [1.165, 1.54) is 23.5 Å². The molecule has 37 heavy (non-hydrogen) atoms. The number of alkyl halides is 3. The Balaban J connectivity index is 1.89. The zero-order valence-electron chi connectivity index (χ0n) is 19.5. The Morgan fingerprint density at radius 1 is 1.43 bits per heavy atom. The molecule has 1 atom stereocenters. The van der Waals surface area contributed by atoms with Crippen LogP contribution < -0.4 is 11.1 Å². The van der Waals surface area contributed by atoms with Crippen molar-refractivity contribution in [2.24, 2.45) is 15.8 Å². The van der Waals surface area contributed by atoms with Crippen LogP contribution in [0.5, 0.6) is 0 Å². The van der Waals surface area contributed by atoms with Crippen LogP contribution in [0.3, 0.4) is 0 Å². The molecule has 3 N–H and O–H groups in total. The number of allylic oxidation sites excluding steroid dienone is 1. The topological polar surface area (TPSA) is 97.4 Å². The summed E-state index contributed by atoms with van der Waals surface area (Å²) in [6.45, 7) is 1.01. The van der Waals surface area contributed by atoms with Crippen LogP contribution in [0.15, 0.2) is 62.9 Å². The molecule has 1 fully saturated rings. The number of nitrogens with two attached hydrogens (primary N) is 1. The Morgan fingerprint density at radius 3 is 2.76 bits per heavy atom. The van der Waals surface area contributed by atoms with Gasteiger partial charge in [-0.15, -0.1) is 11.3 Å². The van der Waals surface area contributed by atoms with Gasteiger partial charge in [-0.2, -0.15) is 13.9 Å². The molecule has 0 unspecified atom stereocenters. The number of nitrogens with zero attached hydrogens (tertiary/aromatic N) is 4. The van der Waals surface area contributed by atoms with Gasteiger partial charge in [0, 0.05) is 47.2 Å². The van der Waals surface area contributed by atoms with E-state index in [0.717, 1.165) is 12.3 Å². The van der Waals surface area contributed by atoms with Gasteiger partial charge < -0.3 is 14.8 Å². The summed E-state index contributed by atoms with van der Waals surface area (Å²) in [5.74, 6) is -0.266. The molecule has 8 nitrogen and oxygen atoms in total. The molecular formula is C23H23ClF4N6O2S. The largest absolute Gasteiger partial charge is 0.341 e. The molecule has 1 saturated heterocycles. The monoisotopic (exact) mass is 558 g/mol. The summed E-state index contributed by atoms with van der Waals surface area (Å²) >= 11 is 7.68. The lowest BCUT2D eigenvalue weighted by Crippen LogP contribution is -2.48. The number of aromatic nitrogens is 1. The zero-order chi connectivity index (χ0) is 26.7. The summed E-state index contributed by atoms with van der Waals surface area (Å²) in [6.07, 6.45) is 1.30. The van der Waals surface area contributed by atoms with Gasteiger partial charge in [-0.25, -0.2) is 18.8 Å². The van der Waals surface area contributed by atoms with Crippen molar-refractivity contribution in [3.05, 3.63) is 74.2 Å². The van der Waals surface area contributed by atoms with Gasteiger partial charge in [0.15, 0.2) is 16.5 Å². The number of hydrazone groups is 1. The molecule has 2 aliphatic rings. The number of hydrogen-bond acceptors (Lipinski definition) is 9. The molecule has 0 saturated carbocycles. The fourth-order valence-electron chi connectivity index (χ4n) is 3.99. The summed E-state index contributed by atoms with van der Waals surface area (Å²) in [4.78, 5) is 9.01. The fourth-order valence-corrected chi connectivity index (χ4v) is 4.85. The van der Waals surface area contributed by atoms with Crippen LogP contribution in [0, 0.1) is 5.82 Å². The van der Waals surface area contributed by atoms with Crippen LogP contribution in [0.4, 0.5) is 17.6 Å². The lowest BCUT2D eigenvalue weighted by Gasteiger charge is -2.36. The van der Waals surface area contributed by atoms with Gasteiger partial charge >= 0.3 is 6.55 Å². The number of thiazole rings is 1. The second-order valence-electron chi connectivity index (χ2n) is 8.33. The van der Waals surface area contributed by atoms with E-state index in [0.29, 0.717) is 32.7 Å². The summed E-state index contributed by atoms with van der Waals surface area (Å²) in [5, 5.41) is 9.09. The first-order valence-electron chi connectivity index (χ1n) is 10.9. The van der Waals surface area contributed by atoms with Gasteiger partial charge in [0.25, 0.3) is 0 Å². The van der Waals surface area contributed by atoms with Gasteiger partial charge in [0.05, 0.1) is 13.2 Å². The quantitative estimate of drug-likeness (QED) is 0.211. The molecular weight excluding hydrogens is 536 g/mol. The summed E-state index contributed by atoms with van der Waals surface area (Å²) < 4.78 is 67.1.